The van der Waals surface area contributed by atoms with E-state index in [1.54, 1.807) is 19.1 Å². The number of hydrogen-bond donors (Lipinski definition) is 2. The molecule has 2 saturated heterocycles. The van der Waals surface area contributed by atoms with Gasteiger partial charge in [0.1, 0.15) is 23.4 Å². The third kappa shape index (κ3) is 3.76. The number of carbonyl (C=O) groups is 1. The molecule has 30 heavy (non-hydrogen) atoms. The molecule has 0 unspecified atom stereocenters. The molecule has 0 aliphatic carbocycles. The minimum atomic E-state index is -4.20. The van der Waals surface area contributed by atoms with E-state index in [1.807, 2.05) is 0 Å². The first-order valence-corrected chi connectivity index (χ1v) is 11.2. The van der Waals surface area contributed by atoms with E-state index in [0.717, 1.165) is 10.4 Å². The normalized spacial score (nSPS) is 25.2. The predicted octanol–water partition coefficient (Wildman–Crippen LogP) is 1.08. The molecular weight excluding hydrogens is 413 g/mol. The molecule has 0 bridgehead atoms. The number of aryl methyl sites for hydroxylation is 1. The fourth-order valence-corrected chi connectivity index (χ4v) is 5.69. The Morgan fingerprint density at radius 2 is 2.03 bits per heavy atom. The van der Waals surface area contributed by atoms with Crippen LogP contribution in [0.5, 0.6) is 0 Å². The van der Waals surface area contributed by atoms with Gasteiger partial charge in [-0.25, -0.2) is 12.8 Å². The first kappa shape index (κ1) is 21.0. The summed E-state index contributed by atoms with van der Waals surface area (Å²) in [5, 5.41) is 10.1. The summed E-state index contributed by atoms with van der Waals surface area (Å²) in [6.07, 6.45) is -0.330. The van der Waals surface area contributed by atoms with E-state index in [1.165, 1.54) is 17.0 Å². The second kappa shape index (κ2) is 7.77. The quantitative estimate of drug-likeness (QED) is 0.739. The molecule has 0 saturated carbocycles. The van der Waals surface area contributed by atoms with Crippen molar-refractivity contribution in [3.05, 3.63) is 41.9 Å². The molecule has 3 N–H and O–H groups in total. The van der Waals surface area contributed by atoms with Crippen molar-refractivity contribution >= 4 is 15.9 Å². The molecule has 1 aromatic carbocycles. The third-order valence-corrected chi connectivity index (χ3v) is 7.48. The molecule has 4 rings (SSSR count). The van der Waals surface area contributed by atoms with Crippen molar-refractivity contribution in [2.24, 2.45) is 5.73 Å². The average molecular weight is 437 g/mol. The van der Waals surface area contributed by atoms with Gasteiger partial charge < -0.3 is 20.2 Å². The zero-order chi connectivity index (χ0) is 21.6. The number of amides is 1. The van der Waals surface area contributed by atoms with Crippen molar-refractivity contribution in [2.75, 3.05) is 19.6 Å². The maximum atomic E-state index is 14.7. The first-order chi connectivity index (χ1) is 14.2. The maximum Gasteiger partial charge on any atom is 0.243 e. The molecule has 2 aromatic rings. The summed E-state index contributed by atoms with van der Waals surface area (Å²) >= 11 is 0. The summed E-state index contributed by atoms with van der Waals surface area (Å²) < 4.78 is 47.5. The highest BCUT2D eigenvalue weighted by Gasteiger charge is 2.45. The van der Waals surface area contributed by atoms with Crippen molar-refractivity contribution in [1.29, 1.82) is 0 Å². The number of aliphatic hydroxyl groups excluding tert-OH is 1. The third-order valence-electron chi connectivity index (χ3n) is 5.61. The van der Waals surface area contributed by atoms with Crippen molar-refractivity contribution in [1.82, 2.24) is 9.21 Å². The Labute approximate surface area is 174 Å². The fourth-order valence-electron chi connectivity index (χ4n) is 4.04. The lowest BCUT2D eigenvalue weighted by molar-refractivity contribution is -0.133. The number of β-amino-alcohol motifs (C(OH)–C–C–N with tert-alkyl or cyclic N) is 1. The van der Waals surface area contributed by atoms with E-state index < -0.39 is 28.0 Å². The number of furan rings is 1. The van der Waals surface area contributed by atoms with E-state index >= 15 is 0 Å². The number of nitrogens with two attached hydrogens (primary N) is 1. The first-order valence-electron chi connectivity index (χ1n) is 9.77. The van der Waals surface area contributed by atoms with Gasteiger partial charge in [0.2, 0.25) is 15.9 Å². The van der Waals surface area contributed by atoms with Crippen LogP contribution in [-0.2, 0) is 14.8 Å². The number of sulfonamides is 1. The van der Waals surface area contributed by atoms with Gasteiger partial charge in [0, 0.05) is 32.1 Å². The van der Waals surface area contributed by atoms with Gasteiger partial charge in [0.15, 0.2) is 0 Å². The Morgan fingerprint density at radius 1 is 1.27 bits per heavy atom. The van der Waals surface area contributed by atoms with E-state index in [9.17, 15) is 22.7 Å². The van der Waals surface area contributed by atoms with Gasteiger partial charge in [0.25, 0.3) is 0 Å². The molecule has 1 aromatic heterocycles. The van der Waals surface area contributed by atoms with Gasteiger partial charge in [-0.05, 0) is 43.7 Å². The second-order valence-corrected chi connectivity index (χ2v) is 9.76. The van der Waals surface area contributed by atoms with Gasteiger partial charge in [-0.3, -0.25) is 4.79 Å². The highest BCUT2D eigenvalue weighted by atomic mass is 32.2. The van der Waals surface area contributed by atoms with E-state index in [0.29, 0.717) is 31.0 Å². The average Bonchev–Trinajstić information content (AvgIpc) is 3.41. The molecule has 10 heteroatoms. The van der Waals surface area contributed by atoms with Crippen LogP contribution in [0.2, 0.25) is 0 Å². The van der Waals surface area contributed by atoms with Gasteiger partial charge in [0.05, 0.1) is 16.6 Å². The van der Waals surface area contributed by atoms with Crippen molar-refractivity contribution in [3.8, 4) is 11.3 Å². The number of benzene rings is 1. The number of halogens is 1. The number of rotatable bonds is 4. The lowest BCUT2D eigenvalue weighted by Gasteiger charge is -2.27. The largest absolute Gasteiger partial charge is 0.461 e. The summed E-state index contributed by atoms with van der Waals surface area (Å²) in [7, 11) is -4.20. The summed E-state index contributed by atoms with van der Waals surface area (Å²) in [4.78, 5) is 14.1. The number of aliphatic hydroxyl groups is 1. The number of nitrogens with zero attached hydrogens (tertiary/aromatic N) is 2. The standard InChI is InChI=1S/C20H24FN3O5S/c1-12-2-5-19(29-12)16-4-3-15(9-17(16)21)30(27,28)24-11-14(25)8-18(24)20(26)23-7-6-13(22)10-23/h2-5,9,13-14,18,25H,6-8,10-11,22H2,1H3/t13-,14+,18+/m1/s1. The maximum absolute atomic E-state index is 14.7. The van der Waals surface area contributed by atoms with Crippen LogP contribution < -0.4 is 5.73 Å². The zero-order valence-electron chi connectivity index (χ0n) is 16.5. The Bertz CT molecular complexity index is 1070. The van der Waals surface area contributed by atoms with Crippen LogP contribution in [0, 0.1) is 12.7 Å². The second-order valence-electron chi connectivity index (χ2n) is 7.87. The van der Waals surface area contributed by atoms with Crippen molar-refractivity contribution in [2.45, 2.75) is 42.8 Å². The minimum Gasteiger partial charge on any atom is -0.461 e. The van der Waals surface area contributed by atoms with Crippen LogP contribution in [0.3, 0.4) is 0 Å². The summed E-state index contributed by atoms with van der Waals surface area (Å²) in [5.41, 5.74) is 6.00. The lowest BCUT2D eigenvalue weighted by atomic mass is 10.1. The molecule has 8 nitrogen and oxygen atoms in total. The molecule has 0 spiro atoms. The molecule has 3 atom stereocenters. The Morgan fingerprint density at radius 3 is 2.63 bits per heavy atom. The Balaban J connectivity index is 1.63. The number of hydrogen-bond acceptors (Lipinski definition) is 6. The monoisotopic (exact) mass is 437 g/mol. The van der Waals surface area contributed by atoms with Crippen LogP contribution in [0.25, 0.3) is 11.3 Å². The van der Waals surface area contributed by atoms with Gasteiger partial charge in [-0.2, -0.15) is 4.31 Å². The highest BCUT2D eigenvalue weighted by Crippen LogP contribution is 2.31. The Hall–Kier alpha value is -2.27. The molecular formula is C20H24FN3O5S. The molecule has 162 valence electrons. The van der Waals surface area contributed by atoms with Crippen molar-refractivity contribution in [3.63, 3.8) is 0 Å². The molecule has 2 aliphatic rings. The SMILES string of the molecule is Cc1ccc(-c2ccc(S(=O)(=O)N3C[C@@H](O)C[C@H]3C(=O)N3CC[C@@H](N)C3)cc2F)o1. The highest BCUT2D eigenvalue weighted by molar-refractivity contribution is 7.89. The van der Waals surface area contributed by atoms with Crippen LogP contribution >= 0.6 is 0 Å². The minimum absolute atomic E-state index is 0.00393. The topological polar surface area (TPSA) is 117 Å². The smallest absolute Gasteiger partial charge is 0.243 e. The van der Waals surface area contributed by atoms with Crippen LogP contribution in [0.4, 0.5) is 4.39 Å². The Kier molecular flexibility index (Phi) is 5.43. The summed E-state index contributed by atoms with van der Waals surface area (Å²) in [5.74, 6) is -0.233. The number of carbonyl (C=O) groups excluding carboxylic acids is 1. The van der Waals surface area contributed by atoms with E-state index in [4.69, 9.17) is 10.2 Å². The van der Waals surface area contributed by atoms with Crippen LogP contribution in [0.1, 0.15) is 18.6 Å². The zero-order valence-corrected chi connectivity index (χ0v) is 17.3. The molecule has 1 amide bonds. The van der Waals surface area contributed by atoms with E-state index in [2.05, 4.69) is 0 Å². The molecule has 0 radical (unpaired) electrons. The lowest BCUT2D eigenvalue weighted by Crippen LogP contribution is -2.47. The fraction of sp³-hybridized carbons (Fsp3) is 0.450. The molecule has 2 fully saturated rings. The summed E-state index contributed by atoms with van der Waals surface area (Å²) in [6.45, 7) is 2.31. The van der Waals surface area contributed by atoms with Gasteiger partial charge in [-0.15, -0.1) is 0 Å². The predicted molar refractivity (Wildman–Crippen MR) is 106 cm³/mol. The molecule has 2 aliphatic heterocycles. The number of likely N-dealkylation sites (tertiary alicyclic amines) is 1. The summed E-state index contributed by atoms with van der Waals surface area (Å²) in [6, 6.07) is 5.65. The van der Waals surface area contributed by atoms with Gasteiger partial charge in [-0.1, -0.05) is 0 Å². The van der Waals surface area contributed by atoms with Gasteiger partial charge >= 0.3 is 0 Å². The van der Waals surface area contributed by atoms with Crippen LogP contribution in [-0.4, -0.2) is 66.5 Å². The van der Waals surface area contributed by atoms with Crippen molar-refractivity contribution < 1.29 is 27.1 Å². The molecule has 3 heterocycles. The van der Waals surface area contributed by atoms with Crippen LogP contribution in [0.15, 0.2) is 39.6 Å². The van der Waals surface area contributed by atoms with E-state index in [-0.39, 0.29) is 35.4 Å².